The van der Waals surface area contributed by atoms with Crippen LogP contribution in [0.3, 0.4) is 0 Å². The number of hydrogen-bond donors (Lipinski definition) is 3. The molecule has 0 aliphatic carbocycles. The van der Waals surface area contributed by atoms with E-state index in [-0.39, 0.29) is 22.5 Å². The maximum Gasteiger partial charge on any atom is 0.329 e. The molecule has 0 saturated heterocycles. The average molecular weight is 306 g/mol. The molecule has 0 aliphatic heterocycles. The number of benzene rings is 1. The zero-order valence-electron chi connectivity index (χ0n) is 10.4. The van der Waals surface area contributed by atoms with Crippen LogP contribution in [-0.2, 0) is 0 Å². The van der Waals surface area contributed by atoms with Gasteiger partial charge in [-0.3, -0.25) is 15.5 Å². The Morgan fingerprint density at radius 1 is 1.48 bits per heavy atom. The van der Waals surface area contributed by atoms with Gasteiger partial charge in [-0.25, -0.2) is 10.8 Å². The Hall–Kier alpha value is -2.96. The van der Waals surface area contributed by atoms with E-state index in [9.17, 15) is 10.1 Å². The summed E-state index contributed by atoms with van der Waals surface area (Å²) in [5.74, 6) is 5.10. The summed E-state index contributed by atoms with van der Waals surface area (Å²) in [5, 5.41) is 22.7. The lowest BCUT2D eigenvalue weighted by atomic mass is 10.2. The van der Waals surface area contributed by atoms with Gasteiger partial charge in [-0.15, -0.1) is 0 Å². The Morgan fingerprint density at radius 3 is 2.81 bits per heavy atom. The highest BCUT2D eigenvalue weighted by Gasteiger charge is 2.18. The van der Waals surface area contributed by atoms with Crippen molar-refractivity contribution in [2.45, 2.75) is 0 Å². The second-order valence-electron chi connectivity index (χ2n) is 3.76. The monoisotopic (exact) mass is 305 g/mol. The summed E-state index contributed by atoms with van der Waals surface area (Å²) in [6, 6.07) is 6.40. The molecule has 0 bridgehead atoms. The smallest absolute Gasteiger partial charge is 0.329 e. The molecule has 0 spiro atoms. The molecule has 0 unspecified atom stereocenters. The van der Waals surface area contributed by atoms with Crippen molar-refractivity contribution in [1.29, 1.82) is 5.26 Å². The third-order valence-corrected chi connectivity index (χ3v) is 2.76. The van der Waals surface area contributed by atoms with Crippen LogP contribution in [-0.4, -0.2) is 14.9 Å². The van der Waals surface area contributed by atoms with E-state index in [0.717, 1.165) is 6.20 Å². The summed E-state index contributed by atoms with van der Waals surface area (Å²) in [5.41, 5.74) is 2.58. The topological polar surface area (TPSA) is 143 Å². The summed E-state index contributed by atoms with van der Waals surface area (Å²) >= 11 is 6.00. The van der Waals surface area contributed by atoms with E-state index >= 15 is 0 Å². The number of nitrogens with two attached hydrogens (primary N) is 1. The second-order valence-corrected chi connectivity index (χ2v) is 4.17. The molecule has 0 saturated carbocycles. The van der Waals surface area contributed by atoms with Crippen LogP contribution in [0.4, 0.5) is 23.1 Å². The molecule has 0 fully saturated rings. The van der Waals surface area contributed by atoms with Crippen molar-refractivity contribution in [3.05, 3.63) is 45.1 Å². The van der Waals surface area contributed by atoms with Gasteiger partial charge in [-0.1, -0.05) is 11.6 Å². The number of nitrogens with zero attached hydrogens (tertiary/aromatic N) is 4. The van der Waals surface area contributed by atoms with Crippen molar-refractivity contribution in [1.82, 2.24) is 9.97 Å². The van der Waals surface area contributed by atoms with E-state index in [0.29, 0.717) is 11.3 Å². The SMILES string of the molecule is N#Cc1ccc(Nc2nc(NN)ncc2[N+](=O)[O-])c(Cl)c1. The number of nitro groups is 1. The van der Waals surface area contributed by atoms with Crippen LogP contribution in [0, 0.1) is 21.4 Å². The van der Waals surface area contributed by atoms with Crippen LogP contribution in [0.2, 0.25) is 5.02 Å². The van der Waals surface area contributed by atoms with Gasteiger partial charge < -0.3 is 5.32 Å². The van der Waals surface area contributed by atoms with E-state index in [1.807, 2.05) is 6.07 Å². The Morgan fingerprint density at radius 2 is 2.24 bits per heavy atom. The van der Waals surface area contributed by atoms with Gasteiger partial charge in [0.1, 0.15) is 6.20 Å². The number of hydrogen-bond acceptors (Lipinski definition) is 8. The van der Waals surface area contributed by atoms with E-state index in [4.69, 9.17) is 22.7 Å². The fourth-order valence-corrected chi connectivity index (χ4v) is 1.71. The van der Waals surface area contributed by atoms with E-state index in [2.05, 4.69) is 20.7 Å². The van der Waals surface area contributed by atoms with Crippen molar-refractivity contribution in [3.63, 3.8) is 0 Å². The molecule has 10 heteroatoms. The third kappa shape index (κ3) is 3.14. The number of halogens is 1. The highest BCUT2D eigenvalue weighted by atomic mass is 35.5. The second kappa shape index (κ2) is 6.00. The van der Waals surface area contributed by atoms with Crippen LogP contribution in [0.5, 0.6) is 0 Å². The first-order valence-corrected chi connectivity index (χ1v) is 5.87. The minimum absolute atomic E-state index is 0.00728. The molecule has 9 nitrogen and oxygen atoms in total. The first kappa shape index (κ1) is 14.4. The zero-order chi connectivity index (χ0) is 15.4. The summed E-state index contributed by atoms with van der Waals surface area (Å²) in [6.45, 7) is 0. The molecular formula is C11H8ClN7O2. The maximum absolute atomic E-state index is 11.0. The first-order chi connectivity index (χ1) is 10.0. The van der Waals surface area contributed by atoms with Gasteiger partial charge in [0.2, 0.25) is 11.8 Å². The van der Waals surface area contributed by atoms with Gasteiger partial charge in [0, 0.05) is 0 Å². The number of rotatable bonds is 4. The average Bonchev–Trinajstić information content (AvgIpc) is 2.48. The van der Waals surface area contributed by atoms with Gasteiger partial charge in [-0.2, -0.15) is 10.2 Å². The molecule has 1 aromatic heterocycles. The molecule has 1 aromatic carbocycles. The Bertz CT molecular complexity index is 744. The number of nitrogen functional groups attached to an aromatic ring is 1. The Balaban J connectivity index is 2.43. The van der Waals surface area contributed by atoms with Crippen LogP contribution in [0.25, 0.3) is 0 Å². The van der Waals surface area contributed by atoms with Crippen molar-refractivity contribution >= 4 is 34.7 Å². The van der Waals surface area contributed by atoms with Gasteiger partial charge in [-0.05, 0) is 18.2 Å². The number of hydrazine groups is 1. The van der Waals surface area contributed by atoms with Gasteiger partial charge in [0.05, 0.1) is 27.3 Å². The Kier molecular flexibility index (Phi) is 4.13. The molecule has 0 aliphatic rings. The number of nitrogens with one attached hydrogen (secondary N) is 2. The molecule has 0 amide bonds. The highest BCUT2D eigenvalue weighted by Crippen LogP contribution is 2.30. The van der Waals surface area contributed by atoms with Crippen LogP contribution in [0.1, 0.15) is 5.56 Å². The molecular weight excluding hydrogens is 298 g/mol. The lowest BCUT2D eigenvalue weighted by Crippen LogP contribution is -2.12. The summed E-state index contributed by atoms with van der Waals surface area (Å²) in [4.78, 5) is 17.8. The molecule has 0 radical (unpaired) electrons. The fraction of sp³-hybridized carbons (Fsp3) is 0. The molecule has 2 aromatic rings. The molecule has 1 heterocycles. The van der Waals surface area contributed by atoms with Crippen LogP contribution in [0.15, 0.2) is 24.4 Å². The maximum atomic E-state index is 11.0. The lowest BCUT2D eigenvalue weighted by molar-refractivity contribution is -0.384. The minimum Gasteiger partial charge on any atom is -0.333 e. The summed E-state index contributed by atoms with van der Waals surface area (Å²) in [6.07, 6.45) is 1.02. The number of anilines is 3. The van der Waals surface area contributed by atoms with E-state index < -0.39 is 4.92 Å². The molecule has 0 atom stereocenters. The third-order valence-electron chi connectivity index (χ3n) is 2.45. The zero-order valence-corrected chi connectivity index (χ0v) is 11.1. The van der Waals surface area contributed by atoms with Crippen molar-refractivity contribution < 1.29 is 4.92 Å². The standard InChI is InChI=1S/C11H8ClN7O2/c12-7-3-6(4-13)1-2-8(7)16-10-9(19(20)21)5-15-11(17-10)18-14/h1-3,5H,14H2,(H2,15,16,17,18). The van der Waals surface area contributed by atoms with E-state index in [1.54, 1.807) is 0 Å². The molecule has 21 heavy (non-hydrogen) atoms. The van der Waals surface area contributed by atoms with Gasteiger partial charge in [0.15, 0.2) is 0 Å². The normalized spacial score (nSPS) is 9.76. The minimum atomic E-state index is -0.639. The fourth-order valence-electron chi connectivity index (χ4n) is 1.48. The summed E-state index contributed by atoms with van der Waals surface area (Å²) < 4.78 is 0. The molecule has 106 valence electrons. The quantitative estimate of drug-likeness (QED) is 0.441. The van der Waals surface area contributed by atoms with Crippen molar-refractivity contribution in [2.75, 3.05) is 10.7 Å². The van der Waals surface area contributed by atoms with Crippen LogP contribution >= 0.6 is 11.6 Å². The number of aromatic nitrogens is 2. The van der Waals surface area contributed by atoms with Crippen LogP contribution < -0.4 is 16.6 Å². The van der Waals surface area contributed by atoms with Gasteiger partial charge >= 0.3 is 5.69 Å². The van der Waals surface area contributed by atoms with Gasteiger partial charge in [0.25, 0.3) is 0 Å². The number of nitriles is 1. The predicted octanol–water partition coefficient (Wildman–Crippen LogP) is 1.94. The first-order valence-electron chi connectivity index (χ1n) is 5.50. The predicted molar refractivity (Wildman–Crippen MR) is 75.9 cm³/mol. The molecule has 4 N–H and O–H groups in total. The van der Waals surface area contributed by atoms with Crippen molar-refractivity contribution in [2.24, 2.45) is 5.84 Å². The lowest BCUT2D eigenvalue weighted by Gasteiger charge is -2.09. The van der Waals surface area contributed by atoms with E-state index in [1.165, 1.54) is 18.2 Å². The van der Waals surface area contributed by atoms with Crippen molar-refractivity contribution in [3.8, 4) is 6.07 Å². The Labute approximate surface area is 123 Å². The highest BCUT2D eigenvalue weighted by molar-refractivity contribution is 6.33. The largest absolute Gasteiger partial charge is 0.333 e. The molecule has 2 rings (SSSR count). The summed E-state index contributed by atoms with van der Waals surface area (Å²) in [7, 11) is 0.